The first-order chi connectivity index (χ1) is 24.7. The number of aliphatic hydroxyl groups excluding tert-OH is 4. The van der Waals surface area contributed by atoms with Crippen LogP contribution < -0.4 is 0 Å². The summed E-state index contributed by atoms with van der Waals surface area (Å²) in [6.45, 7) is 8.29. The van der Waals surface area contributed by atoms with Gasteiger partial charge in [-0.05, 0) is 105 Å². The number of alkyl halides is 2. The summed E-state index contributed by atoms with van der Waals surface area (Å²) < 4.78 is 11.6. The van der Waals surface area contributed by atoms with E-state index < -0.39 is 6.10 Å². The first kappa shape index (κ1) is 39.2. The van der Waals surface area contributed by atoms with Crippen molar-refractivity contribution >= 4 is 43.8 Å². The molecule has 0 spiro atoms. The highest BCUT2D eigenvalue weighted by molar-refractivity contribution is 9.09. The molecular formula is C42H60Br2O8. The number of aliphatic hydroxyl groups is 4. The molecule has 4 N–H and O–H groups in total. The van der Waals surface area contributed by atoms with E-state index in [4.69, 9.17) is 9.47 Å². The van der Waals surface area contributed by atoms with Gasteiger partial charge in [0.25, 0.3) is 0 Å². The molecule has 0 aromatic heterocycles. The summed E-state index contributed by atoms with van der Waals surface area (Å²) >= 11 is 7.54. The van der Waals surface area contributed by atoms with Gasteiger partial charge in [-0.25, -0.2) is 0 Å². The lowest BCUT2D eigenvalue weighted by atomic mass is 9.49. The van der Waals surface area contributed by atoms with E-state index in [1.807, 2.05) is 32.1 Å². The van der Waals surface area contributed by atoms with Gasteiger partial charge in [-0.3, -0.25) is 9.59 Å². The van der Waals surface area contributed by atoms with E-state index in [1.165, 1.54) is 11.1 Å². The zero-order chi connectivity index (χ0) is 37.3. The van der Waals surface area contributed by atoms with Crippen LogP contribution in [0.15, 0.2) is 35.5 Å². The molecule has 6 unspecified atom stereocenters. The van der Waals surface area contributed by atoms with E-state index in [0.717, 1.165) is 51.4 Å². The maximum atomic E-state index is 11.9. The van der Waals surface area contributed by atoms with Crippen LogP contribution in [0.1, 0.15) is 105 Å². The molecule has 8 aliphatic rings. The number of carbonyl (C=O) groups is 2. The smallest absolute Gasteiger partial charge is 0.305 e. The molecule has 8 nitrogen and oxygen atoms in total. The molecule has 10 heteroatoms. The molecule has 18 atom stereocenters. The Morgan fingerprint density at radius 3 is 1.81 bits per heavy atom. The number of hydrogen-bond donors (Lipinski definition) is 4. The van der Waals surface area contributed by atoms with Crippen molar-refractivity contribution in [2.24, 2.45) is 58.2 Å². The number of ether oxygens (including phenoxy) is 2. The summed E-state index contributed by atoms with van der Waals surface area (Å²) in [6.07, 6.45) is 16.3. The molecule has 0 saturated heterocycles. The van der Waals surface area contributed by atoms with Crippen LogP contribution in [-0.4, -0.2) is 78.6 Å². The van der Waals surface area contributed by atoms with Crippen LogP contribution in [0.2, 0.25) is 0 Å². The summed E-state index contributed by atoms with van der Waals surface area (Å²) in [4.78, 5) is 24.1. The Morgan fingerprint density at radius 1 is 0.731 bits per heavy atom. The van der Waals surface area contributed by atoms with Crippen LogP contribution in [0.3, 0.4) is 0 Å². The molecule has 8 rings (SSSR count). The second-order valence-corrected chi connectivity index (χ2v) is 20.2. The monoisotopic (exact) mass is 850 g/mol. The first-order valence-electron chi connectivity index (χ1n) is 20.2. The normalized spacial score (nSPS) is 50.0. The summed E-state index contributed by atoms with van der Waals surface area (Å²) in [5.41, 5.74) is 2.48. The zero-order valence-electron chi connectivity index (χ0n) is 31.2. The van der Waals surface area contributed by atoms with Gasteiger partial charge in [-0.15, -0.1) is 0 Å². The number of rotatable bonds is 4. The van der Waals surface area contributed by atoms with Gasteiger partial charge in [-0.1, -0.05) is 95.0 Å². The van der Waals surface area contributed by atoms with Crippen LogP contribution in [0.5, 0.6) is 0 Å². The number of hydrogen-bond acceptors (Lipinski definition) is 8. The molecule has 6 saturated carbocycles. The summed E-state index contributed by atoms with van der Waals surface area (Å²) in [7, 11) is 0. The van der Waals surface area contributed by atoms with Gasteiger partial charge in [0.15, 0.2) is 0 Å². The molecule has 0 radical (unpaired) electrons. The first-order valence-corrected chi connectivity index (χ1v) is 22.0. The SMILES string of the molecule is CCC(=O)O[C@H]1[C@H](Br)CC2C3C(CC[C@@H]21)[C@@]1(C)C=C[C@H](O)C=C1C[C@@H]3O.CCC(=O)O[C@H]1[C@H](Br)CC2C3C(CC[C@@H]21)[C@@]1(C)CC[C@H](O)C=C1C[C@@H]3O. The van der Waals surface area contributed by atoms with E-state index in [2.05, 4.69) is 51.8 Å². The zero-order valence-corrected chi connectivity index (χ0v) is 34.4. The molecule has 0 aromatic carbocycles. The van der Waals surface area contributed by atoms with Crippen molar-refractivity contribution in [2.75, 3.05) is 0 Å². The van der Waals surface area contributed by atoms with Crippen LogP contribution >= 0.6 is 31.9 Å². The molecule has 0 bridgehead atoms. The van der Waals surface area contributed by atoms with Crippen molar-refractivity contribution in [3.05, 3.63) is 35.5 Å². The van der Waals surface area contributed by atoms with Crippen molar-refractivity contribution in [3.63, 3.8) is 0 Å². The molecule has 290 valence electrons. The third-order valence-corrected chi connectivity index (χ3v) is 17.2. The van der Waals surface area contributed by atoms with E-state index >= 15 is 0 Å². The lowest BCUT2D eigenvalue weighted by Crippen LogP contribution is -2.53. The van der Waals surface area contributed by atoms with Crippen LogP contribution in [-0.2, 0) is 19.1 Å². The fourth-order valence-corrected chi connectivity index (χ4v) is 14.8. The highest BCUT2D eigenvalue weighted by Gasteiger charge is 2.61. The van der Waals surface area contributed by atoms with E-state index in [9.17, 15) is 30.0 Å². The van der Waals surface area contributed by atoms with Crippen molar-refractivity contribution < 1.29 is 39.5 Å². The Hall–Kier alpha value is -1.04. The highest BCUT2D eigenvalue weighted by Crippen LogP contribution is 2.64. The average Bonchev–Trinajstić information content (AvgIpc) is 3.60. The van der Waals surface area contributed by atoms with E-state index in [1.54, 1.807) is 0 Å². The third kappa shape index (κ3) is 6.77. The van der Waals surface area contributed by atoms with Crippen molar-refractivity contribution in [1.29, 1.82) is 0 Å². The molecule has 0 aromatic rings. The Kier molecular flexibility index (Phi) is 11.4. The second kappa shape index (κ2) is 15.1. The highest BCUT2D eigenvalue weighted by atomic mass is 79.9. The molecule has 0 heterocycles. The maximum absolute atomic E-state index is 11.9. The fraction of sp³-hybridized carbons (Fsp3) is 0.810. The van der Waals surface area contributed by atoms with Gasteiger partial charge in [0.2, 0.25) is 0 Å². The second-order valence-electron chi connectivity index (χ2n) is 17.9. The van der Waals surface area contributed by atoms with E-state index in [-0.39, 0.29) is 74.8 Å². The average molecular weight is 853 g/mol. The Labute approximate surface area is 326 Å². The Balaban J connectivity index is 0.000000162. The third-order valence-electron chi connectivity index (χ3n) is 15.4. The largest absolute Gasteiger partial charge is 0.461 e. The number of fused-ring (bicyclic) bond motifs is 10. The van der Waals surface area contributed by atoms with Crippen LogP contribution in [0, 0.1) is 58.2 Å². The molecule has 52 heavy (non-hydrogen) atoms. The van der Waals surface area contributed by atoms with Crippen molar-refractivity contribution in [1.82, 2.24) is 0 Å². The van der Waals surface area contributed by atoms with E-state index in [0.29, 0.717) is 61.2 Å². The Morgan fingerprint density at radius 2 is 1.25 bits per heavy atom. The maximum Gasteiger partial charge on any atom is 0.305 e. The quantitative estimate of drug-likeness (QED) is 0.136. The number of halogens is 2. The molecular weight excluding hydrogens is 792 g/mol. The number of allylic oxidation sites excluding steroid dienone is 1. The Bertz CT molecular complexity index is 1450. The minimum atomic E-state index is -0.533. The minimum absolute atomic E-state index is 0.0569. The minimum Gasteiger partial charge on any atom is -0.461 e. The van der Waals surface area contributed by atoms with Gasteiger partial charge >= 0.3 is 11.9 Å². The summed E-state index contributed by atoms with van der Waals surface area (Å²) in [6, 6.07) is 0. The predicted octanol–water partition coefficient (Wildman–Crippen LogP) is 6.95. The van der Waals surface area contributed by atoms with Gasteiger partial charge in [0.1, 0.15) is 12.2 Å². The molecule has 6 fully saturated rings. The van der Waals surface area contributed by atoms with Crippen molar-refractivity contribution in [3.8, 4) is 0 Å². The summed E-state index contributed by atoms with van der Waals surface area (Å²) in [5.74, 6) is 2.56. The molecule has 0 amide bonds. The lowest BCUT2D eigenvalue weighted by Gasteiger charge is -2.57. The topological polar surface area (TPSA) is 134 Å². The van der Waals surface area contributed by atoms with Crippen LogP contribution in [0.4, 0.5) is 0 Å². The number of carbonyl (C=O) groups excluding carboxylic acids is 2. The fourth-order valence-electron chi connectivity index (χ4n) is 12.9. The van der Waals surface area contributed by atoms with Gasteiger partial charge in [0, 0.05) is 30.1 Å². The number of esters is 2. The summed E-state index contributed by atoms with van der Waals surface area (Å²) in [5, 5.41) is 42.1. The molecule has 8 aliphatic carbocycles. The van der Waals surface area contributed by atoms with Gasteiger partial charge in [0.05, 0.1) is 34.1 Å². The van der Waals surface area contributed by atoms with Gasteiger partial charge in [-0.2, -0.15) is 0 Å². The van der Waals surface area contributed by atoms with Gasteiger partial charge < -0.3 is 29.9 Å². The predicted molar refractivity (Wildman–Crippen MR) is 205 cm³/mol. The molecule has 0 aliphatic heterocycles. The van der Waals surface area contributed by atoms with Crippen molar-refractivity contribution in [2.45, 2.75) is 151 Å². The lowest BCUT2D eigenvalue weighted by molar-refractivity contribution is -0.154. The standard InChI is InChI=1S/C21H31BrO4.C21H29BrO4/c2*1-3-18(25)26-20-13-4-5-15-19(14(13)10-16(20)22)17(24)9-11-8-12(23)6-7-21(11,15)2/h8,12-17,19-20,23-24H,3-7,9-10H2,1-2H3;6-8,12-17,19-20,23-24H,3-5,9-10H2,1-2H3/t2*12-,13-,14?,15?,16+,17-,19?,20+,21-/m00/s1. The van der Waals surface area contributed by atoms with Crippen LogP contribution in [0.25, 0.3) is 0 Å².